The van der Waals surface area contributed by atoms with Crippen LogP contribution < -0.4 is 20.9 Å². The third kappa shape index (κ3) is 4.71. The van der Waals surface area contributed by atoms with Gasteiger partial charge in [-0.2, -0.15) is 0 Å². The SMILES string of the molecule is CC(=O)NCC1CN(c2ccc(N3CCC(=C(c4ccco4)[N+](=O)[O-])CC3N)c(F)c2)C(=O)O1. The number of rotatable bonds is 6. The summed E-state index contributed by atoms with van der Waals surface area (Å²) in [5.74, 6) is -0.667. The molecule has 2 unspecified atom stereocenters. The molecule has 2 aliphatic heterocycles. The number of hydrogen-bond acceptors (Lipinski definition) is 8. The molecule has 11 nitrogen and oxygen atoms in total. The second kappa shape index (κ2) is 9.51. The minimum atomic E-state index is -0.687. The zero-order valence-corrected chi connectivity index (χ0v) is 18.4. The fourth-order valence-electron chi connectivity index (χ4n) is 4.20. The number of nitrogens with one attached hydrogen (secondary N) is 1. The fourth-order valence-corrected chi connectivity index (χ4v) is 4.20. The van der Waals surface area contributed by atoms with Crippen molar-refractivity contribution in [2.45, 2.75) is 32.0 Å². The van der Waals surface area contributed by atoms with Crippen LogP contribution in [0.1, 0.15) is 25.5 Å². The summed E-state index contributed by atoms with van der Waals surface area (Å²) in [6.45, 7) is 1.98. The number of piperidine rings is 1. The molecule has 180 valence electrons. The number of carbonyl (C=O) groups excluding carboxylic acids is 2. The number of benzene rings is 1. The third-order valence-corrected chi connectivity index (χ3v) is 5.79. The van der Waals surface area contributed by atoms with Crippen LogP contribution in [-0.4, -0.2) is 48.8 Å². The van der Waals surface area contributed by atoms with E-state index < -0.39 is 29.1 Å². The van der Waals surface area contributed by atoms with Crippen molar-refractivity contribution in [1.82, 2.24) is 5.32 Å². The first-order valence-corrected chi connectivity index (χ1v) is 10.7. The number of hydrogen-bond donors (Lipinski definition) is 2. The van der Waals surface area contributed by atoms with Gasteiger partial charge in [-0.15, -0.1) is 0 Å². The highest BCUT2D eigenvalue weighted by Gasteiger charge is 2.34. The van der Waals surface area contributed by atoms with E-state index in [1.54, 1.807) is 17.0 Å². The number of ether oxygens (including phenoxy) is 1. The second-order valence-electron chi connectivity index (χ2n) is 8.09. The molecule has 2 fully saturated rings. The van der Waals surface area contributed by atoms with Crippen LogP contribution in [0.5, 0.6) is 0 Å². The number of furan rings is 1. The van der Waals surface area contributed by atoms with E-state index in [0.717, 1.165) is 0 Å². The molecule has 3 heterocycles. The minimum Gasteiger partial charge on any atom is -0.458 e. The minimum absolute atomic E-state index is 0.114. The van der Waals surface area contributed by atoms with Gasteiger partial charge in [0, 0.05) is 25.5 Å². The molecule has 2 saturated heterocycles. The number of cyclic esters (lactones) is 1. The molecule has 34 heavy (non-hydrogen) atoms. The molecule has 0 spiro atoms. The largest absolute Gasteiger partial charge is 0.458 e. The van der Waals surface area contributed by atoms with Crippen molar-refractivity contribution in [3.05, 3.63) is 63.9 Å². The summed E-state index contributed by atoms with van der Waals surface area (Å²) in [5.41, 5.74) is 7.24. The lowest BCUT2D eigenvalue weighted by atomic mass is 9.97. The van der Waals surface area contributed by atoms with Gasteiger partial charge < -0.3 is 25.1 Å². The number of anilines is 2. The van der Waals surface area contributed by atoms with Crippen LogP contribution in [0.3, 0.4) is 0 Å². The summed E-state index contributed by atoms with van der Waals surface area (Å²) in [6, 6.07) is 7.42. The lowest BCUT2D eigenvalue weighted by molar-refractivity contribution is -0.378. The van der Waals surface area contributed by atoms with Crippen molar-refractivity contribution in [2.75, 3.05) is 29.4 Å². The fraction of sp³-hybridized carbons (Fsp3) is 0.364. The first-order valence-electron chi connectivity index (χ1n) is 10.7. The molecule has 0 aliphatic carbocycles. The van der Waals surface area contributed by atoms with Gasteiger partial charge in [-0.25, -0.2) is 9.18 Å². The van der Waals surface area contributed by atoms with Crippen LogP contribution in [0.4, 0.5) is 20.6 Å². The van der Waals surface area contributed by atoms with Crippen molar-refractivity contribution >= 4 is 29.1 Å². The predicted molar refractivity (Wildman–Crippen MR) is 120 cm³/mol. The molecule has 4 rings (SSSR count). The summed E-state index contributed by atoms with van der Waals surface area (Å²) >= 11 is 0. The van der Waals surface area contributed by atoms with Crippen molar-refractivity contribution in [1.29, 1.82) is 0 Å². The Morgan fingerprint density at radius 1 is 1.38 bits per heavy atom. The van der Waals surface area contributed by atoms with Crippen LogP contribution in [0.15, 0.2) is 46.6 Å². The maximum atomic E-state index is 15.1. The quantitative estimate of drug-likeness (QED) is 0.481. The Kier molecular flexibility index (Phi) is 6.50. The number of nitrogens with two attached hydrogens (primary N) is 1. The average Bonchev–Trinajstić information content (AvgIpc) is 3.42. The summed E-state index contributed by atoms with van der Waals surface area (Å²) < 4.78 is 25.5. The zero-order valence-electron chi connectivity index (χ0n) is 18.4. The van der Waals surface area contributed by atoms with Crippen LogP contribution in [0.25, 0.3) is 5.70 Å². The van der Waals surface area contributed by atoms with Crippen molar-refractivity contribution < 1.29 is 28.1 Å². The maximum Gasteiger partial charge on any atom is 0.414 e. The first-order chi connectivity index (χ1) is 16.2. The zero-order chi connectivity index (χ0) is 24.4. The molecular formula is C22H24FN5O6. The summed E-state index contributed by atoms with van der Waals surface area (Å²) in [7, 11) is 0. The second-order valence-corrected chi connectivity index (χ2v) is 8.09. The number of nitrogens with zero attached hydrogens (tertiary/aromatic N) is 3. The van der Waals surface area contributed by atoms with E-state index in [-0.39, 0.29) is 49.1 Å². The lowest BCUT2D eigenvalue weighted by Gasteiger charge is -2.36. The molecule has 0 saturated carbocycles. The number of carbonyl (C=O) groups is 2. The molecule has 0 radical (unpaired) electrons. The van der Waals surface area contributed by atoms with Gasteiger partial charge in [-0.05, 0) is 36.8 Å². The van der Waals surface area contributed by atoms with E-state index in [1.807, 2.05) is 0 Å². The first kappa shape index (κ1) is 23.2. The van der Waals surface area contributed by atoms with Crippen molar-refractivity contribution in [3.8, 4) is 0 Å². The number of amides is 2. The molecule has 2 amide bonds. The van der Waals surface area contributed by atoms with Gasteiger partial charge in [0.05, 0.1) is 41.8 Å². The standard InChI is InChI=1S/C22H24FN5O6/c1-13(29)25-11-16-12-27(22(30)34-16)15-4-5-18(17(23)10-15)26-7-6-14(9-20(26)24)21(28(31)32)19-3-2-8-33-19/h2-5,8,10,16,20H,6-7,9,11-12,24H2,1H3,(H,25,29). The molecule has 0 bridgehead atoms. The Morgan fingerprint density at radius 2 is 2.18 bits per heavy atom. The van der Waals surface area contributed by atoms with Gasteiger partial charge in [-0.3, -0.25) is 19.8 Å². The van der Waals surface area contributed by atoms with Crippen LogP contribution >= 0.6 is 0 Å². The van der Waals surface area contributed by atoms with E-state index in [0.29, 0.717) is 17.7 Å². The molecule has 2 aromatic rings. The van der Waals surface area contributed by atoms with Crippen molar-refractivity contribution in [2.24, 2.45) is 5.73 Å². The molecule has 1 aromatic heterocycles. The predicted octanol–water partition coefficient (Wildman–Crippen LogP) is 2.45. The molecule has 2 aliphatic rings. The van der Waals surface area contributed by atoms with Gasteiger partial charge in [0.25, 0.3) is 0 Å². The van der Waals surface area contributed by atoms with Gasteiger partial charge >= 0.3 is 11.8 Å². The van der Waals surface area contributed by atoms with Gasteiger partial charge in [0.15, 0.2) is 0 Å². The molecule has 12 heteroatoms. The molecular weight excluding hydrogens is 449 g/mol. The van der Waals surface area contributed by atoms with Crippen LogP contribution in [0, 0.1) is 15.9 Å². The maximum absolute atomic E-state index is 15.1. The van der Waals surface area contributed by atoms with Gasteiger partial charge in [0.1, 0.15) is 11.9 Å². The van der Waals surface area contributed by atoms with Crippen LogP contribution in [-0.2, 0) is 9.53 Å². The van der Waals surface area contributed by atoms with E-state index in [1.165, 1.54) is 36.3 Å². The lowest BCUT2D eigenvalue weighted by Crippen LogP contribution is -2.47. The number of nitro groups is 1. The van der Waals surface area contributed by atoms with Gasteiger partial charge in [0.2, 0.25) is 11.7 Å². The van der Waals surface area contributed by atoms with E-state index >= 15 is 4.39 Å². The Bertz CT molecular complexity index is 1130. The third-order valence-electron chi connectivity index (χ3n) is 5.79. The van der Waals surface area contributed by atoms with Gasteiger partial charge in [-0.1, -0.05) is 0 Å². The molecule has 3 N–H and O–H groups in total. The average molecular weight is 473 g/mol. The van der Waals surface area contributed by atoms with E-state index in [2.05, 4.69) is 5.32 Å². The summed E-state index contributed by atoms with van der Waals surface area (Å²) in [5, 5.41) is 14.2. The summed E-state index contributed by atoms with van der Waals surface area (Å²) in [4.78, 5) is 37.3. The van der Waals surface area contributed by atoms with Crippen LogP contribution in [0.2, 0.25) is 0 Å². The highest BCUT2D eigenvalue weighted by atomic mass is 19.1. The normalized spacial score (nSPS) is 21.9. The monoisotopic (exact) mass is 473 g/mol. The van der Waals surface area contributed by atoms with E-state index in [4.69, 9.17) is 14.9 Å². The molecule has 2 atom stereocenters. The molecule has 1 aromatic carbocycles. The van der Waals surface area contributed by atoms with E-state index in [9.17, 15) is 19.7 Å². The smallest absolute Gasteiger partial charge is 0.414 e. The highest BCUT2D eigenvalue weighted by molar-refractivity contribution is 5.90. The Labute approximate surface area is 194 Å². The number of halogens is 1. The topological polar surface area (TPSA) is 144 Å². The highest BCUT2D eigenvalue weighted by Crippen LogP contribution is 2.34. The Morgan fingerprint density at radius 3 is 2.79 bits per heavy atom. The Hall–Kier alpha value is -3.93. The summed E-state index contributed by atoms with van der Waals surface area (Å²) in [6.07, 6.45) is -0.00456. The van der Waals surface area contributed by atoms with Crippen molar-refractivity contribution in [3.63, 3.8) is 0 Å². The Balaban J connectivity index is 1.49.